The van der Waals surface area contributed by atoms with E-state index in [1.54, 1.807) is 0 Å². The molecule has 6 aliphatic rings. The molecule has 0 aromatic carbocycles. The molecule has 0 aromatic rings. The molecule has 28 heavy (non-hydrogen) atoms. The van der Waals surface area contributed by atoms with Crippen molar-refractivity contribution >= 4 is 12.3 Å². The highest BCUT2D eigenvalue weighted by Crippen LogP contribution is 2.76. The molecule has 0 unspecified atom stereocenters. The van der Waals surface area contributed by atoms with Gasteiger partial charge in [0.15, 0.2) is 5.78 Å². The number of aliphatic hydroxyl groups excluding tert-OH is 2. The van der Waals surface area contributed by atoms with Gasteiger partial charge in [-0.05, 0) is 42.6 Å². The van der Waals surface area contributed by atoms with Crippen LogP contribution in [-0.2, 0) is 19.1 Å². The average molecular weight is 392 g/mol. The van der Waals surface area contributed by atoms with Crippen molar-refractivity contribution in [1.29, 1.82) is 0 Å². The van der Waals surface area contributed by atoms with Crippen LogP contribution in [-0.4, -0.2) is 58.3 Å². The van der Waals surface area contributed by atoms with E-state index in [1.165, 1.54) is 0 Å². The Bertz CT molecular complexity index is 777. The van der Waals surface area contributed by atoms with Gasteiger partial charge in [0, 0.05) is 17.3 Å². The first kappa shape index (κ1) is 18.7. The molecule has 154 valence electrons. The lowest BCUT2D eigenvalue weighted by Crippen LogP contribution is -2.85. The first-order chi connectivity index (χ1) is 13.1. The first-order valence-corrected chi connectivity index (χ1v) is 10.2. The molecular formula is C21H28O7. The van der Waals surface area contributed by atoms with Crippen molar-refractivity contribution in [2.45, 2.75) is 63.6 Å². The lowest BCUT2D eigenvalue weighted by Gasteiger charge is -2.74. The van der Waals surface area contributed by atoms with E-state index in [4.69, 9.17) is 9.47 Å². The molecule has 2 saturated heterocycles. The number of carbonyl (C=O) groups is 2. The van der Waals surface area contributed by atoms with Crippen molar-refractivity contribution in [3.63, 3.8) is 0 Å². The summed E-state index contributed by atoms with van der Waals surface area (Å²) in [5, 5.41) is 34.4. The molecule has 0 amide bonds. The monoisotopic (exact) mass is 392 g/mol. The van der Waals surface area contributed by atoms with E-state index in [9.17, 15) is 24.9 Å². The highest BCUT2D eigenvalue weighted by atomic mass is 16.6. The Morgan fingerprint density at radius 1 is 1.21 bits per heavy atom. The summed E-state index contributed by atoms with van der Waals surface area (Å²) in [6.45, 7) is 8.46. The van der Waals surface area contributed by atoms with Crippen LogP contribution < -0.4 is 0 Å². The van der Waals surface area contributed by atoms with Crippen LogP contribution in [0.2, 0.25) is 0 Å². The second kappa shape index (κ2) is 5.25. The number of carbonyl (C=O) groups excluding carboxylic acids is 2. The van der Waals surface area contributed by atoms with Crippen LogP contribution in [0.3, 0.4) is 0 Å². The zero-order valence-electron chi connectivity index (χ0n) is 16.3. The predicted octanol–water partition coefficient (Wildman–Crippen LogP) is 0.556. The molecule has 0 radical (unpaired) electrons. The fraction of sp³-hybridized carbons (Fsp3) is 0.810. The zero-order chi connectivity index (χ0) is 20.3. The maximum atomic E-state index is 13.5. The number of hydrogen-bond donors (Lipinski definition) is 3. The van der Waals surface area contributed by atoms with Gasteiger partial charge in [0.05, 0.1) is 12.7 Å². The number of rotatable bonds is 2. The van der Waals surface area contributed by atoms with Gasteiger partial charge in [0.1, 0.15) is 17.6 Å². The average Bonchev–Trinajstić information content (AvgIpc) is 2.75. The van der Waals surface area contributed by atoms with Gasteiger partial charge < -0.3 is 24.8 Å². The molecule has 4 aliphatic carbocycles. The van der Waals surface area contributed by atoms with Crippen molar-refractivity contribution in [2.75, 3.05) is 6.61 Å². The van der Waals surface area contributed by atoms with Crippen molar-refractivity contribution < 1.29 is 34.4 Å². The van der Waals surface area contributed by atoms with E-state index < -0.39 is 58.5 Å². The van der Waals surface area contributed by atoms with Gasteiger partial charge in [-0.15, -0.1) is 0 Å². The fourth-order valence-electron chi connectivity index (χ4n) is 8.14. The molecule has 6 rings (SSSR count). The molecule has 2 spiro atoms. The van der Waals surface area contributed by atoms with E-state index in [-0.39, 0.29) is 12.0 Å². The number of Topliss-reactive ketones (excluding diaryl/α,β-unsaturated/α-hetero) is 1. The number of ether oxygens (including phenoxy) is 2. The molecule has 2 aliphatic heterocycles. The van der Waals surface area contributed by atoms with Gasteiger partial charge in [-0.2, -0.15) is 0 Å². The van der Waals surface area contributed by atoms with Crippen LogP contribution in [0.4, 0.5) is 0 Å². The summed E-state index contributed by atoms with van der Waals surface area (Å²) < 4.78 is 11.4. The zero-order valence-corrected chi connectivity index (χ0v) is 16.3. The lowest BCUT2D eigenvalue weighted by molar-refractivity contribution is -0.457. The Morgan fingerprint density at radius 2 is 1.93 bits per heavy atom. The largest absolute Gasteiger partial charge is 0.464 e. The molecular weight excluding hydrogens is 364 g/mol. The third-order valence-corrected chi connectivity index (χ3v) is 9.07. The quantitative estimate of drug-likeness (QED) is 0.465. The topological polar surface area (TPSA) is 113 Å². The van der Waals surface area contributed by atoms with Gasteiger partial charge in [-0.25, -0.2) is 0 Å². The van der Waals surface area contributed by atoms with E-state index in [1.807, 2.05) is 13.8 Å². The van der Waals surface area contributed by atoms with Crippen LogP contribution in [0.1, 0.15) is 39.5 Å². The third-order valence-electron chi connectivity index (χ3n) is 9.07. The number of aliphatic hydroxyl groups is 3. The fourth-order valence-corrected chi connectivity index (χ4v) is 8.14. The lowest BCUT2D eigenvalue weighted by atomic mass is 9.35. The van der Waals surface area contributed by atoms with E-state index in [2.05, 4.69) is 6.58 Å². The summed E-state index contributed by atoms with van der Waals surface area (Å²) in [5.41, 5.74) is -2.58. The Morgan fingerprint density at radius 3 is 2.61 bits per heavy atom. The molecule has 3 N–H and O–H groups in total. The molecule has 2 heterocycles. The van der Waals surface area contributed by atoms with Gasteiger partial charge in [-0.1, -0.05) is 20.4 Å². The van der Waals surface area contributed by atoms with Gasteiger partial charge in [0.25, 0.3) is 6.47 Å². The van der Waals surface area contributed by atoms with Crippen LogP contribution in [0.25, 0.3) is 0 Å². The Hall–Kier alpha value is -1.28. The standard InChI is InChI=1S/C21H28O7/c1-10-11-4-5-12-19-8-28-21(26,20(12,15(10)23)16(11)24)17(25)14(19)18(2,3)7-6-13(19)27-9-22/h9,11-14,16-17,24-26H,1,4-8H2,2-3H3/t11-,12-,13-,14+,16+,17-,19+,20-,21-/m0/s1. The van der Waals surface area contributed by atoms with Gasteiger partial charge in [-0.3, -0.25) is 9.59 Å². The second-order valence-corrected chi connectivity index (χ2v) is 10.2. The Balaban J connectivity index is 1.80. The number of hydrogen-bond acceptors (Lipinski definition) is 7. The number of ketones is 1. The van der Waals surface area contributed by atoms with Gasteiger partial charge >= 0.3 is 0 Å². The van der Waals surface area contributed by atoms with E-state index in [0.717, 1.165) is 0 Å². The van der Waals surface area contributed by atoms with Gasteiger partial charge in [0.2, 0.25) is 5.79 Å². The van der Waals surface area contributed by atoms with Crippen molar-refractivity contribution in [3.8, 4) is 0 Å². The summed E-state index contributed by atoms with van der Waals surface area (Å²) in [7, 11) is 0. The van der Waals surface area contributed by atoms with Crippen molar-refractivity contribution in [2.24, 2.45) is 34.0 Å². The summed E-state index contributed by atoms with van der Waals surface area (Å²) in [6.07, 6.45) is -0.660. The third kappa shape index (κ3) is 1.62. The van der Waals surface area contributed by atoms with Crippen molar-refractivity contribution in [3.05, 3.63) is 12.2 Å². The highest BCUT2D eigenvalue weighted by molar-refractivity contribution is 6.05. The van der Waals surface area contributed by atoms with Crippen LogP contribution in [0.5, 0.6) is 0 Å². The van der Waals surface area contributed by atoms with E-state index in [0.29, 0.717) is 37.7 Å². The normalized spacial score (nSPS) is 56.2. The SMILES string of the molecule is C=C1C(=O)[C@]23[C@H](O)[C@H]1CC[C@H]2[C@@]12CO[C@@]3(O)[C@@H](O)[C@@H]1C(C)(C)CC[C@@H]2OC=O. The minimum atomic E-state index is -2.18. The maximum absolute atomic E-state index is 13.5. The molecule has 7 nitrogen and oxygen atoms in total. The summed E-state index contributed by atoms with van der Waals surface area (Å²) in [4.78, 5) is 24.8. The van der Waals surface area contributed by atoms with E-state index >= 15 is 0 Å². The summed E-state index contributed by atoms with van der Waals surface area (Å²) in [6, 6.07) is 0. The highest BCUT2D eigenvalue weighted by Gasteiger charge is 2.87. The minimum Gasteiger partial charge on any atom is -0.464 e. The molecule has 0 aromatic heterocycles. The Labute approximate surface area is 163 Å². The second-order valence-electron chi connectivity index (χ2n) is 10.2. The minimum absolute atomic E-state index is 0.0801. The smallest absolute Gasteiger partial charge is 0.293 e. The molecule has 6 fully saturated rings. The first-order valence-electron chi connectivity index (χ1n) is 10.2. The van der Waals surface area contributed by atoms with Crippen molar-refractivity contribution in [1.82, 2.24) is 0 Å². The van der Waals surface area contributed by atoms with Crippen LogP contribution >= 0.6 is 0 Å². The van der Waals surface area contributed by atoms with Crippen LogP contribution in [0, 0.1) is 34.0 Å². The summed E-state index contributed by atoms with van der Waals surface area (Å²) in [5.74, 6) is -3.94. The molecule has 4 bridgehead atoms. The number of fused-ring (bicyclic) bond motifs is 2. The molecule has 9 atom stereocenters. The maximum Gasteiger partial charge on any atom is 0.293 e. The molecule has 7 heteroatoms. The summed E-state index contributed by atoms with van der Waals surface area (Å²) >= 11 is 0. The predicted molar refractivity (Wildman–Crippen MR) is 95.6 cm³/mol. The van der Waals surface area contributed by atoms with Crippen LogP contribution in [0.15, 0.2) is 12.2 Å². The molecule has 4 saturated carbocycles. The Kier molecular flexibility index (Phi) is 3.51.